The van der Waals surface area contributed by atoms with Crippen LogP contribution in [0.2, 0.25) is 0 Å². The summed E-state index contributed by atoms with van der Waals surface area (Å²) in [5.74, 6) is -2.67. The summed E-state index contributed by atoms with van der Waals surface area (Å²) in [6.45, 7) is 5.72. The molecule has 0 amide bonds. The Labute approximate surface area is 156 Å². The van der Waals surface area contributed by atoms with Crippen molar-refractivity contribution in [3.8, 4) is 0 Å². The number of hydrogen-bond donors (Lipinski definition) is 1. The molecule has 1 aliphatic carbocycles. The minimum absolute atomic E-state index is 0.109. The summed E-state index contributed by atoms with van der Waals surface area (Å²) in [5.41, 5.74) is 2.52. The Balaban J connectivity index is 1.82. The predicted octanol–water partition coefficient (Wildman–Crippen LogP) is 4.74. The lowest BCUT2D eigenvalue weighted by molar-refractivity contribution is -0.0868. The van der Waals surface area contributed by atoms with Crippen molar-refractivity contribution in [1.82, 2.24) is 9.71 Å². The van der Waals surface area contributed by atoms with Crippen molar-refractivity contribution in [2.45, 2.75) is 56.2 Å². The van der Waals surface area contributed by atoms with Crippen LogP contribution in [0.25, 0.3) is 0 Å². The van der Waals surface area contributed by atoms with Crippen LogP contribution in [-0.4, -0.2) is 20.2 Å². The Hall–Kier alpha value is -1.50. The van der Waals surface area contributed by atoms with Crippen molar-refractivity contribution < 1.29 is 13.3 Å². The molecule has 140 valence electrons. The van der Waals surface area contributed by atoms with Gasteiger partial charge in [-0.1, -0.05) is 36.4 Å². The predicted molar refractivity (Wildman–Crippen MR) is 100 cm³/mol. The molecule has 0 aliphatic heterocycles. The Bertz CT molecular complexity index is 724. The van der Waals surface area contributed by atoms with E-state index < -0.39 is 22.0 Å². The van der Waals surface area contributed by atoms with Crippen LogP contribution in [0.5, 0.6) is 0 Å². The summed E-state index contributed by atoms with van der Waals surface area (Å²) < 4.78 is 41.6. The molecule has 3 nitrogen and oxygen atoms in total. The van der Waals surface area contributed by atoms with Gasteiger partial charge in [0.05, 0.1) is 5.69 Å². The van der Waals surface area contributed by atoms with Crippen LogP contribution in [0.15, 0.2) is 48.7 Å². The highest BCUT2D eigenvalue weighted by molar-refractivity contribution is 7.90. The van der Waals surface area contributed by atoms with Crippen LogP contribution >= 0.6 is 0 Å². The molecule has 0 spiro atoms. The van der Waals surface area contributed by atoms with E-state index in [1.807, 2.05) is 63.2 Å². The van der Waals surface area contributed by atoms with Crippen LogP contribution in [0.4, 0.5) is 8.78 Å². The van der Waals surface area contributed by atoms with Gasteiger partial charge >= 0.3 is 0 Å². The fourth-order valence-corrected chi connectivity index (χ4v) is 3.78. The summed E-state index contributed by atoms with van der Waals surface area (Å²) in [5, 5.41) is 0. The van der Waals surface area contributed by atoms with E-state index in [9.17, 15) is 13.3 Å². The zero-order chi connectivity index (χ0) is 18.9. The minimum Gasteiger partial charge on any atom is -0.598 e. The van der Waals surface area contributed by atoms with Crippen LogP contribution in [-0.2, 0) is 11.4 Å². The molecule has 2 aromatic rings. The lowest BCUT2D eigenvalue weighted by Crippen LogP contribution is -2.41. The summed E-state index contributed by atoms with van der Waals surface area (Å²) >= 11 is -1.27. The third-order valence-corrected chi connectivity index (χ3v) is 6.14. The Kier molecular flexibility index (Phi) is 5.37. The monoisotopic (exact) mass is 378 g/mol. The zero-order valence-corrected chi connectivity index (χ0v) is 16.0. The first-order chi connectivity index (χ1) is 12.2. The first-order valence-corrected chi connectivity index (χ1v) is 9.87. The summed E-state index contributed by atoms with van der Waals surface area (Å²) in [4.78, 5) is 4.50. The van der Waals surface area contributed by atoms with Crippen molar-refractivity contribution in [2.75, 3.05) is 0 Å². The Morgan fingerprint density at radius 2 is 1.81 bits per heavy atom. The van der Waals surface area contributed by atoms with Crippen LogP contribution in [0, 0.1) is 0 Å². The molecule has 26 heavy (non-hydrogen) atoms. The van der Waals surface area contributed by atoms with E-state index in [2.05, 4.69) is 9.71 Å². The molecular formula is C20H24F2N2OS. The van der Waals surface area contributed by atoms with E-state index in [0.29, 0.717) is 0 Å². The second-order valence-electron chi connectivity index (χ2n) is 7.82. The molecule has 1 N–H and O–H groups in total. The fourth-order valence-electron chi connectivity index (χ4n) is 2.95. The van der Waals surface area contributed by atoms with Gasteiger partial charge in [-0.15, -0.1) is 4.72 Å². The van der Waals surface area contributed by atoms with Gasteiger partial charge in [0.2, 0.25) is 5.92 Å². The number of pyridine rings is 1. The summed E-state index contributed by atoms with van der Waals surface area (Å²) in [6.07, 6.45) is 1.46. The van der Waals surface area contributed by atoms with Crippen molar-refractivity contribution in [3.63, 3.8) is 0 Å². The standard InChI is InChI=1S/C20H24F2N2OS/c1-19(2,3)26(25)24-18(14-7-5-4-6-8-14)17-10-9-15(13-23-17)16-11-20(21,22)12-16/h4-10,13,16,18,24H,11-12H2,1-3H3/t18?,26-/m0/s1. The molecule has 6 heteroatoms. The minimum atomic E-state index is -2.54. The van der Waals surface area contributed by atoms with Crippen LogP contribution < -0.4 is 4.72 Å². The van der Waals surface area contributed by atoms with Gasteiger partial charge in [-0.25, -0.2) is 8.78 Å². The summed E-state index contributed by atoms with van der Waals surface area (Å²) in [7, 11) is 0. The van der Waals surface area contributed by atoms with Gasteiger partial charge in [0.25, 0.3) is 0 Å². The molecule has 2 atom stereocenters. The molecule has 1 aromatic heterocycles. The van der Waals surface area contributed by atoms with E-state index in [-0.39, 0.29) is 24.8 Å². The number of aromatic nitrogens is 1. The maximum Gasteiger partial charge on any atom is 0.249 e. The first kappa shape index (κ1) is 19.3. The van der Waals surface area contributed by atoms with E-state index in [0.717, 1.165) is 16.8 Å². The molecule has 3 rings (SSSR count). The lowest BCUT2D eigenvalue weighted by Gasteiger charge is -2.35. The number of halogens is 2. The number of nitrogens with one attached hydrogen (secondary N) is 1. The third-order valence-electron chi connectivity index (χ3n) is 4.58. The first-order valence-electron chi connectivity index (χ1n) is 8.72. The molecule has 1 aliphatic rings. The van der Waals surface area contributed by atoms with Gasteiger partial charge in [0.1, 0.15) is 10.8 Å². The third kappa shape index (κ3) is 4.42. The molecule has 1 unspecified atom stereocenters. The molecule has 0 saturated heterocycles. The molecule has 1 saturated carbocycles. The molecule has 1 heterocycles. The van der Waals surface area contributed by atoms with E-state index >= 15 is 0 Å². The molecule has 1 aromatic carbocycles. The number of benzene rings is 1. The quantitative estimate of drug-likeness (QED) is 0.765. The van der Waals surface area contributed by atoms with Gasteiger partial charge in [-0.2, -0.15) is 0 Å². The average Bonchev–Trinajstić information content (AvgIpc) is 2.57. The second-order valence-corrected chi connectivity index (χ2v) is 9.82. The van der Waals surface area contributed by atoms with Crippen LogP contribution in [0.1, 0.15) is 62.4 Å². The average molecular weight is 378 g/mol. The number of alkyl halides is 2. The second kappa shape index (κ2) is 7.25. The number of hydrogen-bond acceptors (Lipinski definition) is 3. The highest BCUT2D eigenvalue weighted by Crippen LogP contribution is 2.48. The smallest absolute Gasteiger partial charge is 0.249 e. The Morgan fingerprint density at radius 1 is 1.15 bits per heavy atom. The SMILES string of the molecule is CC(C)(C)[S@+]([O-])NC(c1ccccc1)c1ccc(C2CC(F)(F)C2)cn1. The fraction of sp³-hybridized carbons (Fsp3) is 0.450. The largest absolute Gasteiger partial charge is 0.598 e. The van der Waals surface area contributed by atoms with Crippen molar-refractivity contribution in [2.24, 2.45) is 0 Å². The van der Waals surface area contributed by atoms with Gasteiger partial charge in [-0.05, 0) is 43.9 Å². The molecule has 1 fully saturated rings. The molecule has 0 bridgehead atoms. The van der Waals surface area contributed by atoms with Gasteiger partial charge in [0, 0.05) is 30.4 Å². The van der Waals surface area contributed by atoms with Crippen molar-refractivity contribution in [3.05, 3.63) is 65.5 Å². The molecular weight excluding hydrogens is 354 g/mol. The summed E-state index contributed by atoms with van der Waals surface area (Å²) in [6, 6.07) is 13.1. The lowest BCUT2D eigenvalue weighted by atomic mass is 9.77. The highest BCUT2D eigenvalue weighted by atomic mass is 32.2. The maximum absolute atomic E-state index is 13.1. The highest BCUT2D eigenvalue weighted by Gasteiger charge is 2.46. The topological polar surface area (TPSA) is 48.0 Å². The van der Waals surface area contributed by atoms with Crippen molar-refractivity contribution >= 4 is 11.4 Å². The normalized spacial score (nSPS) is 19.6. The van der Waals surface area contributed by atoms with Gasteiger partial charge in [0.15, 0.2) is 0 Å². The van der Waals surface area contributed by atoms with E-state index in [1.54, 1.807) is 6.20 Å². The van der Waals surface area contributed by atoms with Gasteiger partial charge < -0.3 is 4.55 Å². The Morgan fingerprint density at radius 3 is 2.31 bits per heavy atom. The number of nitrogens with zero attached hydrogens (tertiary/aromatic N) is 1. The van der Waals surface area contributed by atoms with Crippen molar-refractivity contribution in [1.29, 1.82) is 0 Å². The van der Waals surface area contributed by atoms with Gasteiger partial charge in [-0.3, -0.25) is 4.98 Å². The zero-order valence-electron chi connectivity index (χ0n) is 15.2. The van der Waals surface area contributed by atoms with E-state index in [4.69, 9.17) is 0 Å². The number of rotatable bonds is 5. The molecule has 0 radical (unpaired) electrons. The maximum atomic E-state index is 13.1. The van der Waals surface area contributed by atoms with E-state index in [1.165, 1.54) is 0 Å². The van der Waals surface area contributed by atoms with Crippen LogP contribution in [0.3, 0.4) is 0 Å².